The fourth-order valence-electron chi connectivity index (χ4n) is 1.43. The first-order valence-electron chi connectivity index (χ1n) is 6.09. The Labute approximate surface area is 122 Å². The van der Waals surface area contributed by atoms with Crippen LogP contribution in [0.3, 0.4) is 0 Å². The second-order valence-electron chi connectivity index (χ2n) is 4.46. The van der Waals surface area contributed by atoms with Crippen molar-refractivity contribution in [1.82, 2.24) is 0 Å². The second-order valence-corrected chi connectivity index (χ2v) is 5.42. The average molecular weight is 293 g/mol. The van der Waals surface area contributed by atoms with E-state index in [1.54, 1.807) is 0 Å². The van der Waals surface area contributed by atoms with Crippen LogP contribution in [0.4, 0.5) is 5.69 Å². The lowest BCUT2D eigenvalue weighted by atomic mass is 10.0. The van der Waals surface area contributed by atoms with E-state index in [2.05, 4.69) is 24.2 Å². The molecule has 20 heavy (non-hydrogen) atoms. The maximum absolute atomic E-state index is 11.7. The van der Waals surface area contributed by atoms with Gasteiger partial charge in [0.1, 0.15) is 0 Å². The molecule has 0 aliphatic rings. The first kappa shape index (κ1) is 16.0. The zero-order chi connectivity index (χ0) is 15.1. The molecule has 0 unspecified atom stereocenters. The first-order valence-corrected chi connectivity index (χ1v) is 7.08. The zero-order valence-electron chi connectivity index (χ0n) is 11.5. The molecule has 1 aromatic carbocycles. The molecule has 0 heterocycles. The number of thioether (sulfide) groups is 1. The quantitative estimate of drug-likeness (QED) is 0.499. The predicted octanol–water partition coefficient (Wildman–Crippen LogP) is 1.69. The number of anilines is 1. The van der Waals surface area contributed by atoms with Crippen molar-refractivity contribution in [2.45, 2.75) is 19.8 Å². The van der Waals surface area contributed by atoms with Gasteiger partial charge in [-0.15, -0.1) is 0 Å². The van der Waals surface area contributed by atoms with E-state index in [0.29, 0.717) is 5.92 Å². The number of guanidine groups is 1. The molecule has 0 spiro atoms. The van der Waals surface area contributed by atoms with Gasteiger partial charge in [0.25, 0.3) is 0 Å². The minimum Gasteiger partial charge on any atom is -0.370 e. The highest BCUT2D eigenvalue weighted by atomic mass is 32.2. The number of hydrogen-bond donors (Lipinski definition) is 4. The van der Waals surface area contributed by atoms with E-state index >= 15 is 0 Å². The van der Waals surface area contributed by atoms with Crippen LogP contribution in [0.25, 0.3) is 0 Å². The number of nitrogens with zero attached hydrogens (tertiary/aromatic N) is 1. The van der Waals surface area contributed by atoms with Gasteiger partial charge in [-0.25, -0.2) is 0 Å². The largest absolute Gasteiger partial charge is 0.370 e. The van der Waals surface area contributed by atoms with E-state index < -0.39 is 0 Å². The highest BCUT2D eigenvalue weighted by Gasteiger charge is 2.06. The summed E-state index contributed by atoms with van der Waals surface area (Å²) in [5.74, 6) is 0.145. The number of amides is 1. The summed E-state index contributed by atoms with van der Waals surface area (Å²) >= 11 is 0.964. The summed E-state index contributed by atoms with van der Waals surface area (Å²) in [4.78, 5) is 15.2. The van der Waals surface area contributed by atoms with Gasteiger partial charge in [-0.2, -0.15) is 4.99 Å². The fraction of sp³-hybridized carbons (Fsp3) is 0.308. The number of nitrogens with one attached hydrogen (secondary N) is 2. The second kappa shape index (κ2) is 7.54. The van der Waals surface area contributed by atoms with E-state index in [9.17, 15) is 4.79 Å². The Morgan fingerprint density at radius 1 is 1.35 bits per heavy atom. The van der Waals surface area contributed by atoms with E-state index in [4.69, 9.17) is 16.9 Å². The summed E-state index contributed by atoms with van der Waals surface area (Å²) in [6.07, 6.45) is 0. The van der Waals surface area contributed by atoms with Crippen molar-refractivity contribution in [3.8, 4) is 0 Å². The molecule has 7 heteroatoms. The van der Waals surface area contributed by atoms with Gasteiger partial charge in [0.15, 0.2) is 11.1 Å². The molecule has 0 fully saturated rings. The Kier molecular flexibility index (Phi) is 6.05. The van der Waals surface area contributed by atoms with Crippen molar-refractivity contribution in [1.29, 1.82) is 5.41 Å². The van der Waals surface area contributed by atoms with Crippen molar-refractivity contribution >= 4 is 34.5 Å². The summed E-state index contributed by atoms with van der Waals surface area (Å²) in [6.45, 7) is 4.22. The van der Waals surface area contributed by atoms with Gasteiger partial charge in [0.05, 0.1) is 5.75 Å². The van der Waals surface area contributed by atoms with Gasteiger partial charge in [-0.05, 0) is 23.6 Å². The van der Waals surface area contributed by atoms with Crippen molar-refractivity contribution in [2.24, 2.45) is 16.5 Å². The Morgan fingerprint density at radius 3 is 2.45 bits per heavy atom. The minimum atomic E-state index is -0.206. The van der Waals surface area contributed by atoms with Gasteiger partial charge in [-0.1, -0.05) is 37.7 Å². The van der Waals surface area contributed by atoms with Crippen LogP contribution in [0, 0.1) is 5.41 Å². The Balaban J connectivity index is 2.46. The number of aliphatic imine (C=N–C) groups is 1. The summed E-state index contributed by atoms with van der Waals surface area (Å²) < 4.78 is 0. The summed E-state index contributed by atoms with van der Waals surface area (Å²) in [5, 5.41) is 10.1. The molecule has 1 aromatic rings. The number of nitrogens with two attached hydrogens (primary N) is 2. The number of rotatable bonds is 4. The van der Waals surface area contributed by atoms with Gasteiger partial charge in [0.2, 0.25) is 5.91 Å². The standard InChI is InChI=1S/C13H19N5OS/c1-8(2)9-3-5-10(6-4-9)17-11(19)7-20-13(16)18-12(14)15/h3-6,8H,7H2,1-2H3,(H,17,19)(H5,14,15,16,18). The van der Waals surface area contributed by atoms with Crippen LogP contribution in [-0.2, 0) is 4.79 Å². The highest BCUT2D eigenvalue weighted by molar-refractivity contribution is 8.14. The lowest BCUT2D eigenvalue weighted by Crippen LogP contribution is -2.24. The Hall–Kier alpha value is -2.02. The predicted molar refractivity (Wildman–Crippen MR) is 85.2 cm³/mol. The maximum atomic E-state index is 11.7. The molecule has 1 rings (SSSR count). The highest BCUT2D eigenvalue weighted by Crippen LogP contribution is 2.17. The molecule has 6 nitrogen and oxygen atoms in total. The third-order valence-corrected chi connectivity index (χ3v) is 3.20. The van der Waals surface area contributed by atoms with Crippen molar-refractivity contribution in [3.05, 3.63) is 29.8 Å². The summed E-state index contributed by atoms with van der Waals surface area (Å²) in [7, 11) is 0. The third kappa shape index (κ3) is 5.75. The molecule has 1 amide bonds. The van der Waals surface area contributed by atoms with Gasteiger partial charge in [-0.3, -0.25) is 10.2 Å². The van der Waals surface area contributed by atoms with Crippen LogP contribution in [0.1, 0.15) is 25.3 Å². The topological polar surface area (TPSA) is 117 Å². The molecule has 0 saturated carbocycles. The molecule has 0 bridgehead atoms. The SMILES string of the molecule is CC(C)c1ccc(NC(=O)CSC(=N)N=C(N)N)cc1. The zero-order valence-corrected chi connectivity index (χ0v) is 12.3. The molecule has 0 radical (unpaired) electrons. The van der Waals surface area contributed by atoms with Crippen LogP contribution >= 0.6 is 11.8 Å². The monoisotopic (exact) mass is 293 g/mol. The van der Waals surface area contributed by atoms with Crippen LogP contribution in [0.5, 0.6) is 0 Å². The molecule has 0 aromatic heterocycles. The summed E-state index contributed by atoms with van der Waals surface area (Å²) in [6, 6.07) is 7.68. The lowest BCUT2D eigenvalue weighted by Gasteiger charge is -2.08. The van der Waals surface area contributed by atoms with E-state index in [1.165, 1.54) is 5.56 Å². The van der Waals surface area contributed by atoms with Gasteiger partial charge >= 0.3 is 0 Å². The Bertz CT molecular complexity index is 506. The van der Waals surface area contributed by atoms with Crippen LogP contribution in [-0.4, -0.2) is 22.8 Å². The first-order chi connectivity index (χ1) is 9.38. The number of carbonyl (C=O) groups is 1. The molecule has 0 aliphatic carbocycles. The average Bonchev–Trinajstić information content (AvgIpc) is 2.36. The molecular weight excluding hydrogens is 274 g/mol. The number of benzene rings is 1. The molecule has 0 aliphatic heterocycles. The number of hydrogen-bond acceptors (Lipinski definition) is 3. The molecule has 0 atom stereocenters. The van der Waals surface area contributed by atoms with Crippen LogP contribution in [0.15, 0.2) is 29.3 Å². The number of carbonyl (C=O) groups excluding carboxylic acids is 1. The molecular formula is C13H19N5OS. The molecule has 6 N–H and O–H groups in total. The molecule has 0 saturated heterocycles. The van der Waals surface area contributed by atoms with Crippen LogP contribution in [0.2, 0.25) is 0 Å². The fourth-order valence-corrected chi connectivity index (χ4v) is 1.94. The van der Waals surface area contributed by atoms with E-state index in [-0.39, 0.29) is 22.8 Å². The van der Waals surface area contributed by atoms with E-state index in [0.717, 1.165) is 17.4 Å². The van der Waals surface area contributed by atoms with Gasteiger partial charge < -0.3 is 16.8 Å². The smallest absolute Gasteiger partial charge is 0.234 e. The number of amidine groups is 1. The Morgan fingerprint density at radius 2 is 1.95 bits per heavy atom. The van der Waals surface area contributed by atoms with Crippen LogP contribution < -0.4 is 16.8 Å². The molecule has 108 valence electrons. The lowest BCUT2D eigenvalue weighted by molar-refractivity contribution is -0.113. The van der Waals surface area contributed by atoms with Crippen molar-refractivity contribution in [2.75, 3.05) is 11.1 Å². The minimum absolute atomic E-state index is 0.0849. The van der Waals surface area contributed by atoms with Gasteiger partial charge in [0, 0.05) is 5.69 Å². The van der Waals surface area contributed by atoms with Crippen molar-refractivity contribution < 1.29 is 4.79 Å². The normalized spacial score (nSPS) is 10.2. The van der Waals surface area contributed by atoms with E-state index in [1.807, 2.05) is 24.3 Å². The maximum Gasteiger partial charge on any atom is 0.234 e. The van der Waals surface area contributed by atoms with Crippen molar-refractivity contribution in [3.63, 3.8) is 0 Å². The summed E-state index contributed by atoms with van der Waals surface area (Å²) in [5.41, 5.74) is 12.2. The third-order valence-electron chi connectivity index (χ3n) is 2.43.